The quantitative estimate of drug-likeness (QED) is 0.634. The Morgan fingerprint density at radius 1 is 1.17 bits per heavy atom. The number of pyridine rings is 1. The third kappa shape index (κ3) is 3.57. The van der Waals surface area contributed by atoms with Crippen LogP contribution in [0.3, 0.4) is 0 Å². The number of aryl methyl sites for hydroxylation is 1. The number of carbonyl (C=O) groups is 2. The minimum absolute atomic E-state index is 0.0558. The minimum atomic E-state index is -0.520. The van der Waals surface area contributed by atoms with E-state index < -0.39 is 5.91 Å². The zero-order valence-corrected chi connectivity index (χ0v) is 13.0. The van der Waals surface area contributed by atoms with Gasteiger partial charge in [-0.2, -0.15) is 5.10 Å². The van der Waals surface area contributed by atoms with E-state index in [2.05, 4.69) is 20.5 Å². The van der Waals surface area contributed by atoms with Crippen LogP contribution < -0.4 is 11.1 Å². The van der Waals surface area contributed by atoms with Crippen molar-refractivity contribution in [2.24, 2.45) is 5.73 Å². The molecule has 122 valence electrons. The Labute approximate surface area is 138 Å². The molecule has 7 heteroatoms. The van der Waals surface area contributed by atoms with E-state index in [4.69, 9.17) is 5.73 Å². The number of aromatic amines is 1. The number of rotatable bonds is 6. The molecule has 0 aliphatic heterocycles. The molecule has 24 heavy (non-hydrogen) atoms. The zero-order chi connectivity index (χ0) is 16.9. The van der Waals surface area contributed by atoms with Crippen LogP contribution in [0, 0.1) is 0 Å². The third-order valence-electron chi connectivity index (χ3n) is 3.75. The lowest BCUT2D eigenvalue weighted by atomic mass is 10.0. The lowest BCUT2D eigenvalue weighted by Gasteiger charge is -2.07. The first kappa shape index (κ1) is 15.7. The maximum atomic E-state index is 12.0. The number of primary amides is 1. The molecule has 3 rings (SSSR count). The highest BCUT2D eigenvalue weighted by atomic mass is 16.1. The van der Waals surface area contributed by atoms with E-state index in [-0.39, 0.29) is 5.91 Å². The molecule has 2 aromatic heterocycles. The normalized spacial score (nSPS) is 10.7. The Morgan fingerprint density at radius 3 is 2.71 bits per heavy atom. The summed E-state index contributed by atoms with van der Waals surface area (Å²) in [5, 5.41) is 10.4. The first-order valence-electron chi connectivity index (χ1n) is 7.55. The van der Waals surface area contributed by atoms with Crippen LogP contribution in [0.1, 0.15) is 27.9 Å². The molecule has 1 aromatic carbocycles. The topological polar surface area (TPSA) is 114 Å². The van der Waals surface area contributed by atoms with E-state index in [1.165, 1.54) is 0 Å². The summed E-state index contributed by atoms with van der Waals surface area (Å²) in [5.74, 6) is -0.576. The van der Waals surface area contributed by atoms with Gasteiger partial charge in [0.05, 0.1) is 17.3 Å². The Morgan fingerprint density at radius 2 is 1.96 bits per heavy atom. The van der Waals surface area contributed by atoms with Crippen molar-refractivity contribution in [3.05, 3.63) is 59.5 Å². The van der Waals surface area contributed by atoms with Crippen molar-refractivity contribution in [2.75, 3.05) is 0 Å². The van der Waals surface area contributed by atoms with Crippen molar-refractivity contribution in [2.45, 2.75) is 19.4 Å². The van der Waals surface area contributed by atoms with E-state index in [1.807, 2.05) is 18.2 Å². The monoisotopic (exact) mass is 323 g/mol. The van der Waals surface area contributed by atoms with Gasteiger partial charge in [-0.25, -0.2) is 0 Å². The summed E-state index contributed by atoms with van der Waals surface area (Å²) >= 11 is 0. The smallest absolute Gasteiger partial charge is 0.250 e. The molecule has 0 fully saturated rings. The van der Waals surface area contributed by atoms with Gasteiger partial charge in [-0.3, -0.25) is 19.7 Å². The van der Waals surface area contributed by atoms with Crippen molar-refractivity contribution in [1.82, 2.24) is 20.5 Å². The van der Waals surface area contributed by atoms with Gasteiger partial charge in [-0.1, -0.05) is 0 Å². The van der Waals surface area contributed by atoms with Crippen LogP contribution in [0.15, 0.2) is 42.9 Å². The predicted octanol–water partition coefficient (Wildman–Crippen LogP) is 1.31. The molecular weight excluding hydrogens is 306 g/mol. The first-order valence-corrected chi connectivity index (χ1v) is 7.55. The summed E-state index contributed by atoms with van der Waals surface area (Å²) in [6.45, 7) is 0.467. The molecule has 0 atom stereocenters. The van der Waals surface area contributed by atoms with Gasteiger partial charge in [0.2, 0.25) is 5.91 Å². The van der Waals surface area contributed by atoms with Crippen LogP contribution in [-0.2, 0) is 17.8 Å². The van der Waals surface area contributed by atoms with Gasteiger partial charge in [0, 0.05) is 30.7 Å². The summed E-state index contributed by atoms with van der Waals surface area (Å²) in [6, 6.07) is 7.32. The van der Waals surface area contributed by atoms with Crippen LogP contribution in [-0.4, -0.2) is 27.0 Å². The van der Waals surface area contributed by atoms with Crippen molar-refractivity contribution in [3.63, 3.8) is 0 Å². The first-order chi connectivity index (χ1) is 11.6. The fourth-order valence-electron chi connectivity index (χ4n) is 2.51. The van der Waals surface area contributed by atoms with Crippen LogP contribution in [0.5, 0.6) is 0 Å². The molecule has 2 heterocycles. The van der Waals surface area contributed by atoms with E-state index >= 15 is 0 Å². The van der Waals surface area contributed by atoms with E-state index in [0.29, 0.717) is 30.5 Å². The molecule has 0 radical (unpaired) electrons. The molecule has 0 bridgehead atoms. The molecule has 3 aromatic rings. The summed E-state index contributed by atoms with van der Waals surface area (Å²) in [4.78, 5) is 27.5. The summed E-state index contributed by atoms with van der Waals surface area (Å²) in [6.07, 6.45) is 5.85. The van der Waals surface area contributed by atoms with Crippen LogP contribution in [0.2, 0.25) is 0 Å². The number of benzene rings is 1. The molecule has 4 N–H and O–H groups in total. The number of nitrogens with two attached hydrogens (primary N) is 1. The molecular formula is C17H17N5O2. The van der Waals surface area contributed by atoms with Gasteiger partial charge >= 0.3 is 0 Å². The fraction of sp³-hybridized carbons (Fsp3) is 0.176. The SMILES string of the molecule is NC(=O)c1cc(CCC(=O)NCc2ccncc2)cc2cn[nH]c12. The largest absolute Gasteiger partial charge is 0.366 e. The average Bonchev–Trinajstić information content (AvgIpc) is 3.06. The van der Waals surface area contributed by atoms with Crippen molar-refractivity contribution in [1.29, 1.82) is 0 Å². The zero-order valence-electron chi connectivity index (χ0n) is 13.0. The van der Waals surface area contributed by atoms with E-state index in [0.717, 1.165) is 16.5 Å². The second-order valence-electron chi connectivity index (χ2n) is 5.47. The molecule has 0 saturated heterocycles. The fourth-order valence-corrected chi connectivity index (χ4v) is 2.51. The number of carbonyl (C=O) groups excluding carboxylic acids is 2. The second-order valence-corrected chi connectivity index (χ2v) is 5.47. The number of aromatic nitrogens is 3. The highest BCUT2D eigenvalue weighted by Gasteiger charge is 2.11. The Balaban J connectivity index is 1.63. The predicted molar refractivity (Wildman–Crippen MR) is 89.0 cm³/mol. The lowest BCUT2D eigenvalue weighted by Crippen LogP contribution is -2.23. The molecule has 0 saturated carbocycles. The van der Waals surface area contributed by atoms with E-state index in [9.17, 15) is 9.59 Å². The number of H-pyrrole nitrogens is 1. The maximum Gasteiger partial charge on any atom is 0.250 e. The molecule has 0 aliphatic carbocycles. The summed E-state index contributed by atoms with van der Waals surface area (Å²) in [7, 11) is 0. The van der Waals surface area contributed by atoms with Crippen molar-refractivity contribution in [3.8, 4) is 0 Å². The summed E-state index contributed by atoms with van der Waals surface area (Å²) < 4.78 is 0. The van der Waals surface area contributed by atoms with Crippen LogP contribution >= 0.6 is 0 Å². The van der Waals surface area contributed by atoms with Crippen LogP contribution in [0.4, 0.5) is 0 Å². The average molecular weight is 323 g/mol. The van der Waals surface area contributed by atoms with Gasteiger partial charge in [0.25, 0.3) is 5.91 Å². The van der Waals surface area contributed by atoms with E-state index in [1.54, 1.807) is 24.7 Å². The second kappa shape index (κ2) is 6.91. The van der Waals surface area contributed by atoms with Gasteiger partial charge in [0.15, 0.2) is 0 Å². The lowest BCUT2D eigenvalue weighted by molar-refractivity contribution is -0.121. The number of nitrogens with zero attached hydrogens (tertiary/aromatic N) is 2. The number of amides is 2. The standard InChI is InChI=1S/C17H17N5O2/c18-17(24)14-8-12(7-13-10-21-22-16(13)14)1-2-15(23)20-9-11-3-5-19-6-4-11/h3-8,10H,1-2,9H2,(H2,18,24)(H,20,23)(H,21,22). The Bertz CT molecular complexity index is 873. The molecule has 0 unspecified atom stereocenters. The number of nitrogens with one attached hydrogen (secondary N) is 2. The maximum absolute atomic E-state index is 12.0. The van der Waals surface area contributed by atoms with Gasteiger partial charge in [-0.05, 0) is 41.8 Å². The number of fused-ring (bicyclic) bond motifs is 1. The Kier molecular flexibility index (Phi) is 4.51. The number of hydrogen-bond donors (Lipinski definition) is 3. The molecule has 7 nitrogen and oxygen atoms in total. The van der Waals surface area contributed by atoms with Gasteiger partial charge < -0.3 is 11.1 Å². The highest BCUT2D eigenvalue weighted by Crippen LogP contribution is 2.19. The highest BCUT2D eigenvalue weighted by molar-refractivity contribution is 6.04. The Hall–Kier alpha value is -3.22. The summed E-state index contributed by atoms with van der Waals surface area (Å²) in [5.41, 5.74) is 8.28. The molecule has 0 spiro atoms. The van der Waals surface area contributed by atoms with Gasteiger partial charge in [0.1, 0.15) is 0 Å². The van der Waals surface area contributed by atoms with Crippen molar-refractivity contribution < 1.29 is 9.59 Å². The molecule has 2 amide bonds. The third-order valence-corrected chi connectivity index (χ3v) is 3.75. The van der Waals surface area contributed by atoms with Gasteiger partial charge in [-0.15, -0.1) is 0 Å². The molecule has 0 aliphatic rings. The van der Waals surface area contributed by atoms with Crippen LogP contribution in [0.25, 0.3) is 10.9 Å². The number of hydrogen-bond acceptors (Lipinski definition) is 4. The minimum Gasteiger partial charge on any atom is -0.366 e. The van der Waals surface area contributed by atoms with Crippen molar-refractivity contribution >= 4 is 22.7 Å².